The van der Waals surface area contributed by atoms with Gasteiger partial charge in [0, 0.05) is 17.5 Å². The van der Waals surface area contributed by atoms with E-state index in [4.69, 9.17) is 5.73 Å². The smallest absolute Gasteiger partial charge is 0.256 e. The molecule has 114 valence electrons. The van der Waals surface area contributed by atoms with E-state index in [0.29, 0.717) is 23.2 Å². The Kier molecular flexibility index (Phi) is 4.01. The number of fused-ring (bicyclic) bond motifs is 1. The van der Waals surface area contributed by atoms with Crippen LogP contribution in [-0.2, 0) is 11.2 Å². The van der Waals surface area contributed by atoms with Crippen LogP contribution in [0.1, 0.15) is 15.9 Å². The molecule has 0 radical (unpaired) electrons. The molecule has 0 bridgehead atoms. The first-order valence-electron chi connectivity index (χ1n) is 7.17. The van der Waals surface area contributed by atoms with Gasteiger partial charge < -0.3 is 11.1 Å². The van der Waals surface area contributed by atoms with Gasteiger partial charge >= 0.3 is 0 Å². The summed E-state index contributed by atoms with van der Waals surface area (Å²) in [6.07, 6.45) is 4.03. The van der Waals surface area contributed by atoms with Gasteiger partial charge in [0.05, 0.1) is 11.3 Å². The number of carbonyl (C=O) groups excluding carboxylic acids is 2. The van der Waals surface area contributed by atoms with Crippen LogP contribution in [0.3, 0.4) is 0 Å². The highest BCUT2D eigenvalue weighted by atomic mass is 16.2. The number of nitrogens with one attached hydrogen (secondary N) is 1. The largest absolute Gasteiger partial charge is 0.366 e. The molecular weight excluding hydrogens is 290 g/mol. The Morgan fingerprint density at radius 3 is 2.74 bits per heavy atom. The Morgan fingerprint density at radius 2 is 1.91 bits per heavy atom. The van der Waals surface area contributed by atoms with E-state index >= 15 is 0 Å². The van der Waals surface area contributed by atoms with Gasteiger partial charge in [0.25, 0.3) is 5.91 Å². The molecule has 1 aliphatic heterocycles. The van der Waals surface area contributed by atoms with Crippen LogP contribution in [-0.4, -0.2) is 18.0 Å². The zero-order valence-electron chi connectivity index (χ0n) is 12.3. The zero-order valence-corrected chi connectivity index (χ0v) is 12.3. The summed E-state index contributed by atoms with van der Waals surface area (Å²) in [5.74, 6) is -0.810. The summed E-state index contributed by atoms with van der Waals surface area (Å²) in [4.78, 5) is 27.9. The fourth-order valence-corrected chi connectivity index (χ4v) is 2.33. The number of hydrogen-bond acceptors (Lipinski definition) is 3. The van der Waals surface area contributed by atoms with Crippen LogP contribution in [0, 0.1) is 0 Å². The second kappa shape index (κ2) is 6.27. The lowest BCUT2D eigenvalue weighted by atomic mass is 10.1. The van der Waals surface area contributed by atoms with E-state index < -0.39 is 5.91 Å². The molecule has 0 aromatic heterocycles. The SMILES string of the molecule is NC(=O)c1cccc(NC(=O)C2=CCc3ccccc3N=C2)c1. The summed E-state index contributed by atoms with van der Waals surface area (Å²) in [7, 11) is 0. The lowest BCUT2D eigenvalue weighted by Crippen LogP contribution is -2.16. The van der Waals surface area contributed by atoms with Crippen molar-refractivity contribution in [1.29, 1.82) is 0 Å². The number of rotatable bonds is 3. The number of para-hydroxylation sites is 1. The van der Waals surface area contributed by atoms with Crippen molar-refractivity contribution in [3.63, 3.8) is 0 Å². The summed E-state index contributed by atoms with van der Waals surface area (Å²) in [5, 5.41) is 2.76. The molecule has 5 nitrogen and oxygen atoms in total. The van der Waals surface area contributed by atoms with Crippen molar-refractivity contribution < 1.29 is 9.59 Å². The second-order valence-electron chi connectivity index (χ2n) is 5.15. The van der Waals surface area contributed by atoms with Crippen LogP contribution < -0.4 is 11.1 Å². The molecule has 0 aliphatic carbocycles. The van der Waals surface area contributed by atoms with Gasteiger partial charge in [0.2, 0.25) is 5.91 Å². The van der Waals surface area contributed by atoms with Crippen molar-refractivity contribution in [2.45, 2.75) is 6.42 Å². The number of aliphatic imine (C=N–C) groups is 1. The maximum atomic E-state index is 12.4. The van der Waals surface area contributed by atoms with Gasteiger partial charge in [-0.15, -0.1) is 0 Å². The summed E-state index contributed by atoms with van der Waals surface area (Å²) >= 11 is 0. The third-order valence-corrected chi connectivity index (χ3v) is 3.54. The van der Waals surface area contributed by atoms with Crippen LogP contribution in [0.25, 0.3) is 0 Å². The number of amides is 2. The van der Waals surface area contributed by atoms with Gasteiger partial charge in [0.15, 0.2) is 0 Å². The van der Waals surface area contributed by atoms with Gasteiger partial charge in [-0.25, -0.2) is 0 Å². The summed E-state index contributed by atoms with van der Waals surface area (Å²) in [5.41, 5.74) is 8.52. The lowest BCUT2D eigenvalue weighted by molar-refractivity contribution is -0.112. The minimum atomic E-state index is -0.535. The van der Waals surface area contributed by atoms with Crippen LogP contribution in [0.2, 0.25) is 0 Å². The van der Waals surface area contributed by atoms with Gasteiger partial charge in [-0.1, -0.05) is 30.3 Å². The van der Waals surface area contributed by atoms with Crippen LogP contribution in [0.5, 0.6) is 0 Å². The first-order valence-corrected chi connectivity index (χ1v) is 7.17. The fraction of sp³-hybridized carbons (Fsp3) is 0.0556. The maximum Gasteiger partial charge on any atom is 0.256 e. The molecule has 23 heavy (non-hydrogen) atoms. The number of allylic oxidation sites excluding steroid dienone is 1. The third kappa shape index (κ3) is 3.35. The molecule has 1 aliphatic rings. The number of carbonyl (C=O) groups is 2. The molecule has 0 fully saturated rings. The Bertz CT molecular complexity index is 838. The first kappa shape index (κ1) is 14.7. The van der Waals surface area contributed by atoms with E-state index in [1.807, 2.05) is 30.3 Å². The number of hydrogen-bond donors (Lipinski definition) is 2. The van der Waals surface area contributed by atoms with Crippen molar-refractivity contribution in [3.8, 4) is 0 Å². The molecule has 5 heteroatoms. The predicted molar refractivity (Wildman–Crippen MR) is 90.0 cm³/mol. The number of nitrogens with two attached hydrogens (primary N) is 1. The lowest BCUT2D eigenvalue weighted by Gasteiger charge is -2.06. The van der Waals surface area contributed by atoms with E-state index in [9.17, 15) is 9.59 Å². The Labute approximate surface area is 133 Å². The molecule has 2 amide bonds. The predicted octanol–water partition coefficient (Wildman–Crippen LogP) is 2.61. The Balaban J connectivity index is 1.78. The van der Waals surface area contributed by atoms with Gasteiger partial charge in [0.1, 0.15) is 0 Å². The van der Waals surface area contributed by atoms with E-state index in [0.717, 1.165) is 11.3 Å². The molecule has 2 aromatic rings. The van der Waals surface area contributed by atoms with E-state index in [1.165, 1.54) is 0 Å². The van der Waals surface area contributed by atoms with Crippen molar-refractivity contribution in [2.24, 2.45) is 10.7 Å². The highest BCUT2D eigenvalue weighted by Gasteiger charge is 2.12. The molecule has 3 N–H and O–H groups in total. The van der Waals surface area contributed by atoms with Gasteiger partial charge in [-0.05, 0) is 36.2 Å². The van der Waals surface area contributed by atoms with Crippen molar-refractivity contribution in [3.05, 3.63) is 71.3 Å². The van der Waals surface area contributed by atoms with Gasteiger partial charge in [-0.2, -0.15) is 0 Å². The molecule has 0 atom stereocenters. The van der Waals surface area contributed by atoms with E-state index in [-0.39, 0.29) is 5.91 Å². The monoisotopic (exact) mass is 305 g/mol. The maximum absolute atomic E-state index is 12.4. The molecule has 0 spiro atoms. The average molecular weight is 305 g/mol. The highest BCUT2D eigenvalue weighted by Crippen LogP contribution is 2.22. The third-order valence-electron chi connectivity index (χ3n) is 3.54. The molecule has 0 unspecified atom stereocenters. The number of anilines is 1. The van der Waals surface area contributed by atoms with Crippen LogP contribution in [0.15, 0.2) is 65.2 Å². The van der Waals surface area contributed by atoms with Gasteiger partial charge in [-0.3, -0.25) is 14.6 Å². The zero-order chi connectivity index (χ0) is 16.2. The van der Waals surface area contributed by atoms with Crippen LogP contribution in [0.4, 0.5) is 11.4 Å². The molecule has 0 saturated heterocycles. The first-order chi connectivity index (χ1) is 11.1. The summed E-state index contributed by atoms with van der Waals surface area (Å²) in [6, 6.07) is 14.3. The minimum Gasteiger partial charge on any atom is -0.366 e. The highest BCUT2D eigenvalue weighted by molar-refractivity contribution is 6.18. The van der Waals surface area contributed by atoms with E-state index in [1.54, 1.807) is 30.5 Å². The molecular formula is C18H15N3O2. The summed E-state index contributed by atoms with van der Waals surface area (Å²) in [6.45, 7) is 0. The normalized spacial score (nSPS) is 12.8. The Morgan fingerprint density at radius 1 is 1.09 bits per heavy atom. The molecule has 1 heterocycles. The minimum absolute atomic E-state index is 0.275. The molecule has 3 rings (SSSR count). The quantitative estimate of drug-likeness (QED) is 0.913. The fourth-order valence-electron chi connectivity index (χ4n) is 2.33. The number of nitrogens with zero attached hydrogens (tertiary/aromatic N) is 1. The number of benzene rings is 2. The van der Waals surface area contributed by atoms with E-state index in [2.05, 4.69) is 10.3 Å². The van der Waals surface area contributed by atoms with Crippen molar-refractivity contribution >= 4 is 29.4 Å². The molecule has 0 saturated carbocycles. The topological polar surface area (TPSA) is 84.5 Å². The molecule has 2 aromatic carbocycles. The van der Waals surface area contributed by atoms with Crippen molar-refractivity contribution in [2.75, 3.05) is 5.32 Å². The standard InChI is InChI=1S/C18H15N3O2/c19-17(22)13-5-3-6-15(10-13)21-18(23)14-9-8-12-4-1-2-7-16(12)20-11-14/h1-7,9-11H,8H2,(H2,19,22)(H,21,23). The average Bonchev–Trinajstić information content (AvgIpc) is 2.77. The number of primary amides is 1. The van der Waals surface area contributed by atoms with Crippen LogP contribution >= 0.6 is 0 Å². The Hall–Kier alpha value is -3.21. The van der Waals surface area contributed by atoms with Crippen molar-refractivity contribution in [1.82, 2.24) is 0 Å². The summed E-state index contributed by atoms with van der Waals surface area (Å²) < 4.78 is 0. The second-order valence-corrected chi connectivity index (χ2v) is 5.15.